The van der Waals surface area contributed by atoms with Gasteiger partial charge in [-0.25, -0.2) is 0 Å². The molecule has 3 N–H and O–H groups in total. The van der Waals surface area contributed by atoms with Crippen molar-refractivity contribution in [2.75, 3.05) is 25.2 Å². The summed E-state index contributed by atoms with van der Waals surface area (Å²) in [4.78, 5) is 15.0. The van der Waals surface area contributed by atoms with Crippen molar-refractivity contribution in [2.24, 2.45) is 5.73 Å². The van der Waals surface area contributed by atoms with Crippen LogP contribution in [-0.4, -0.2) is 32.3 Å². The molecule has 3 heterocycles. The number of amides is 1. The molecule has 5 rings (SSSR count). The minimum atomic E-state index is -0.258. The van der Waals surface area contributed by atoms with E-state index in [0.717, 1.165) is 45.6 Å². The van der Waals surface area contributed by atoms with Gasteiger partial charge in [-0.2, -0.15) is 0 Å². The maximum absolute atomic E-state index is 12.8. The summed E-state index contributed by atoms with van der Waals surface area (Å²) in [5.74, 6) is 1.33. The average molecular weight is 442 g/mol. The molecule has 1 amide bonds. The number of nitrogens with one attached hydrogen (secondary N) is 1. The third-order valence-corrected chi connectivity index (χ3v) is 6.06. The molecular formula is C21H20BrN3O3. The number of rotatable bonds is 2. The number of nitrogens with zero attached hydrogens (tertiary/aromatic N) is 1. The Morgan fingerprint density at radius 2 is 2.21 bits per heavy atom. The van der Waals surface area contributed by atoms with Crippen LogP contribution in [0, 0.1) is 0 Å². The van der Waals surface area contributed by atoms with Gasteiger partial charge in [-0.3, -0.25) is 4.79 Å². The highest BCUT2D eigenvalue weighted by Crippen LogP contribution is 2.42. The fourth-order valence-electron chi connectivity index (χ4n) is 4.30. The van der Waals surface area contributed by atoms with Crippen LogP contribution >= 0.6 is 15.9 Å². The number of anilines is 1. The van der Waals surface area contributed by atoms with Crippen molar-refractivity contribution in [3.05, 3.63) is 57.1 Å². The third-order valence-electron chi connectivity index (χ3n) is 5.60. The van der Waals surface area contributed by atoms with E-state index in [0.29, 0.717) is 17.9 Å². The second-order valence-corrected chi connectivity index (χ2v) is 8.16. The zero-order chi connectivity index (χ0) is 19.4. The molecule has 0 aromatic heterocycles. The Kier molecular flexibility index (Phi) is 4.10. The van der Waals surface area contributed by atoms with E-state index in [1.807, 2.05) is 30.3 Å². The van der Waals surface area contributed by atoms with Crippen LogP contribution in [-0.2, 0) is 0 Å². The summed E-state index contributed by atoms with van der Waals surface area (Å²) in [6.45, 7) is 1.16. The lowest BCUT2D eigenvalue weighted by Gasteiger charge is -2.45. The van der Waals surface area contributed by atoms with Crippen LogP contribution in [0.25, 0.3) is 6.08 Å². The van der Waals surface area contributed by atoms with E-state index in [2.05, 4.69) is 32.2 Å². The van der Waals surface area contributed by atoms with Gasteiger partial charge in [0.15, 0.2) is 11.5 Å². The second kappa shape index (κ2) is 6.53. The summed E-state index contributed by atoms with van der Waals surface area (Å²) in [6, 6.07) is 9.62. The first-order chi connectivity index (χ1) is 13.6. The SMILES string of the molecule is COc1cc(Br)cc2c1OCC([C@@H]1NC(=O)c3cccc4c3N1CC[C@@H]4N)=C2. The molecule has 144 valence electrons. The van der Waals surface area contributed by atoms with Crippen molar-refractivity contribution < 1.29 is 14.3 Å². The van der Waals surface area contributed by atoms with Gasteiger partial charge in [-0.05, 0) is 36.3 Å². The number of methoxy groups -OCH3 is 1. The largest absolute Gasteiger partial charge is 0.493 e. The number of ether oxygens (including phenoxy) is 2. The minimum absolute atomic E-state index is 0.0460. The average Bonchev–Trinajstić information content (AvgIpc) is 2.71. The number of carbonyl (C=O) groups excluding carboxylic acids is 1. The number of benzene rings is 2. The van der Waals surface area contributed by atoms with Crippen LogP contribution in [0.2, 0.25) is 0 Å². The quantitative estimate of drug-likeness (QED) is 0.747. The van der Waals surface area contributed by atoms with E-state index in [9.17, 15) is 4.79 Å². The van der Waals surface area contributed by atoms with Gasteiger partial charge >= 0.3 is 0 Å². The van der Waals surface area contributed by atoms with Crippen molar-refractivity contribution in [3.8, 4) is 11.5 Å². The van der Waals surface area contributed by atoms with Crippen LogP contribution in [0.5, 0.6) is 11.5 Å². The first-order valence-electron chi connectivity index (χ1n) is 9.23. The molecule has 2 atom stereocenters. The molecule has 0 unspecified atom stereocenters. The Morgan fingerprint density at radius 1 is 1.36 bits per heavy atom. The number of fused-ring (bicyclic) bond motifs is 1. The fraction of sp³-hybridized carbons (Fsp3) is 0.286. The van der Waals surface area contributed by atoms with Gasteiger partial charge in [0, 0.05) is 28.2 Å². The van der Waals surface area contributed by atoms with Crippen molar-refractivity contribution in [3.63, 3.8) is 0 Å². The Balaban J connectivity index is 1.60. The highest BCUT2D eigenvalue weighted by Gasteiger charge is 2.38. The zero-order valence-electron chi connectivity index (χ0n) is 15.4. The number of halogens is 1. The van der Waals surface area contributed by atoms with Crippen molar-refractivity contribution in [1.82, 2.24) is 5.32 Å². The molecule has 2 aromatic rings. The van der Waals surface area contributed by atoms with E-state index in [4.69, 9.17) is 15.2 Å². The highest BCUT2D eigenvalue weighted by atomic mass is 79.9. The summed E-state index contributed by atoms with van der Waals surface area (Å²) in [5, 5.41) is 3.15. The van der Waals surface area contributed by atoms with E-state index in [1.165, 1.54) is 0 Å². The molecule has 0 saturated carbocycles. The number of para-hydroxylation sites is 1. The molecule has 28 heavy (non-hydrogen) atoms. The third kappa shape index (κ3) is 2.61. The van der Waals surface area contributed by atoms with Crippen LogP contribution in [0.15, 0.2) is 40.4 Å². The highest BCUT2D eigenvalue weighted by molar-refractivity contribution is 9.10. The Bertz CT molecular complexity index is 1020. The number of carbonyl (C=O) groups is 1. The molecule has 3 aliphatic rings. The predicted molar refractivity (Wildman–Crippen MR) is 111 cm³/mol. The van der Waals surface area contributed by atoms with Crippen molar-refractivity contribution in [2.45, 2.75) is 18.6 Å². The molecule has 0 saturated heterocycles. The summed E-state index contributed by atoms with van der Waals surface area (Å²) in [7, 11) is 1.63. The number of nitrogens with two attached hydrogens (primary N) is 1. The lowest BCUT2D eigenvalue weighted by molar-refractivity contribution is 0.0930. The summed E-state index contributed by atoms with van der Waals surface area (Å²) in [5.41, 5.74) is 10.9. The molecular weight excluding hydrogens is 422 g/mol. The van der Waals surface area contributed by atoms with E-state index < -0.39 is 0 Å². The number of hydrogen-bond acceptors (Lipinski definition) is 5. The predicted octanol–water partition coefficient (Wildman–Crippen LogP) is 3.21. The van der Waals surface area contributed by atoms with Crippen molar-refractivity contribution in [1.29, 1.82) is 0 Å². The van der Waals surface area contributed by atoms with Crippen LogP contribution in [0.1, 0.15) is 33.9 Å². The van der Waals surface area contributed by atoms with Gasteiger partial charge in [-0.15, -0.1) is 0 Å². The van der Waals surface area contributed by atoms with Crippen LogP contribution in [0.3, 0.4) is 0 Å². The maximum atomic E-state index is 12.8. The zero-order valence-corrected chi connectivity index (χ0v) is 17.0. The van der Waals surface area contributed by atoms with Crippen molar-refractivity contribution >= 4 is 33.6 Å². The molecule has 2 aromatic carbocycles. The van der Waals surface area contributed by atoms with Gasteiger partial charge in [0.2, 0.25) is 0 Å². The maximum Gasteiger partial charge on any atom is 0.255 e. The van der Waals surface area contributed by atoms with Crippen LogP contribution in [0.4, 0.5) is 5.69 Å². The summed E-state index contributed by atoms with van der Waals surface area (Å²) >= 11 is 3.52. The monoisotopic (exact) mass is 441 g/mol. The molecule has 0 bridgehead atoms. The summed E-state index contributed by atoms with van der Waals surface area (Å²) in [6.07, 6.45) is 2.67. The summed E-state index contributed by atoms with van der Waals surface area (Å²) < 4.78 is 12.4. The fourth-order valence-corrected chi connectivity index (χ4v) is 4.75. The van der Waals surface area contributed by atoms with Gasteiger partial charge in [0.25, 0.3) is 5.91 Å². The molecule has 0 aliphatic carbocycles. The van der Waals surface area contributed by atoms with E-state index in [1.54, 1.807) is 7.11 Å². The van der Waals surface area contributed by atoms with Crippen LogP contribution < -0.4 is 25.4 Å². The minimum Gasteiger partial charge on any atom is -0.493 e. The van der Waals surface area contributed by atoms with Gasteiger partial charge in [0.1, 0.15) is 12.8 Å². The van der Waals surface area contributed by atoms with Gasteiger partial charge in [0.05, 0.1) is 18.4 Å². The number of hydrogen-bond donors (Lipinski definition) is 2. The first-order valence-corrected chi connectivity index (χ1v) is 10.0. The lowest BCUT2D eigenvalue weighted by atomic mass is 9.90. The molecule has 3 aliphatic heterocycles. The first kappa shape index (κ1) is 17.6. The normalized spacial score (nSPS) is 22.5. The topological polar surface area (TPSA) is 76.8 Å². The molecule has 0 radical (unpaired) electrons. The van der Waals surface area contributed by atoms with E-state index >= 15 is 0 Å². The smallest absolute Gasteiger partial charge is 0.255 e. The Hall–Kier alpha value is -2.51. The standard InChI is InChI=1S/C21H20BrN3O3/c1-27-17-9-13(22)8-11-7-12(10-28-19(11)17)20-24-21(26)15-4-2-3-14-16(23)5-6-25(20)18(14)15/h2-4,7-9,16,20H,5-6,10,23H2,1H3,(H,24,26)/t16-,20+/m0/s1. The van der Waals surface area contributed by atoms with Gasteiger partial charge in [-0.1, -0.05) is 28.1 Å². The Labute approximate surface area is 171 Å². The lowest BCUT2D eigenvalue weighted by Crippen LogP contribution is -2.57. The molecule has 0 spiro atoms. The van der Waals surface area contributed by atoms with Gasteiger partial charge < -0.3 is 25.4 Å². The second-order valence-electron chi connectivity index (χ2n) is 7.24. The molecule has 6 nitrogen and oxygen atoms in total. The Morgan fingerprint density at radius 3 is 3.04 bits per heavy atom. The molecule has 7 heteroatoms. The molecule has 0 fully saturated rings. The van der Waals surface area contributed by atoms with E-state index in [-0.39, 0.29) is 18.1 Å².